The van der Waals surface area contributed by atoms with Crippen LogP contribution >= 0.6 is 23.8 Å². The second kappa shape index (κ2) is 12.6. The van der Waals surface area contributed by atoms with Gasteiger partial charge in [0.05, 0.1) is 18.0 Å². The van der Waals surface area contributed by atoms with E-state index in [0.29, 0.717) is 55.5 Å². The number of thiocarbonyl (C=S) groups is 1. The van der Waals surface area contributed by atoms with E-state index in [2.05, 4.69) is 15.5 Å². The van der Waals surface area contributed by atoms with E-state index in [-0.39, 0.29) is 16.9 Å². The topological polar surface area (TPSA) is 73.9 Å². The molecule has 1 aliphatic heterocycles. The molecule has 9 heteroatoms. The van der Waals surface area contributed by atoms with Crippen LogP contribution in [0.3, 0.4) is 0 Å². The summed E-state index contributed by atoms with van der Waals surface area (Å²) in [4.78, 5) is 28.9. The second-order valence-corrected chi connectivity index (χ2v) is 8.91. The maximum Gasteiger partial charge on any atom is 0.257 e. The lowest BCUT2D eigenvalue weighted by Gasteiger charge is -2.37. The highest BCUT2D eigenvalue weighted by atomic mass is 35.5. The van der Waals surface area contributed by atoms with Crippen LogP contribution in [0, 0.1) is 0 Å². The highest BCUT2D eigenvalue weighted by molar-refractivity contribution is 7.80. The standard InChI is InChI=1S/C25H31ClN4O3S/c1-3-5-23(31)30-14-12-29(13-15-30)22-11-8-19(26)17-21(22)27-25(34)28-24(32)18-6-9-20(10-7-18)33-16-4-2/h6-11,17H,3-5,12-16H2,1-2H3,(H2,27,28,32,34). The number of carbonyl (C=O) groups is 2. The van der Waals surface area contributed by atoms with E-state index in [1.165, 1.54) is 0 Å². The molecule has 0 bridgehead atoms. The van der Waals surface area contributed by atoms with Crippen molar-refractivity contribution >= 4 is 52.1 Å². The summed E-state index contributed by atoms with van der Waals surface area (Å²) in [7, 11) is 0. The van der Waals surface area contributed by atoms with Crippen molar-refractivity contribution in [2.45, 2.75) is 33.1 Å². The van der Waals surface area contributed by atoms with Crippen LogP contribution in [0.15, 0.2) is 42.5 Å². The van der Waals surface area contributed by atoms with E-state index in [1.54, 1.807) is 30.3 Å². The Labute approximate surface area is 211 Å². The quantitative estimate of drug-likeness (QED) is 0.509. The number of amides is 2. The average Bonchev–Trinajstić information content (AvgIpc) is 2.83. The van der Waals surface area contributed by atoms with Crippen molar-refractivity contribution in [2.75, 3.05) is 43.0 Å². The fraction of sp³-hybridized carbons (Fsp3) is 0.400. The summed E-state index contributed by atoms with van der Waals surface area (Å²) in [6.45, 7) is 7.43. The van der Waals surface area contributed by atoms with Gasteiger partial charge in [-0.15, -0.1) is 0 Å². The number of rotatable bonds is 8. The zero-order valence-corrected chi connectivity index (χ0v) is 21.2. The third-order valence-corrected chi connectivity index (χ3v) is 5.90. The van der Waals surface area contributed by atoms with Crippen LogP contribution in [0.5, 0.6) is 5.75 Å². The molecule has 0 aliphatic carbocycles. The fourth-order valence-electron chi connectivity index (χ4n) is 3.70. The summed E-state index contributed by atoms with van der Waals surface area (Å²) in [5.41, 5.74) is 2.10. The number of hydrogen-bond donors (Lipinski definition) is 2. The van der Waals surface area contributed by atoms with Gasteiger partial charge in [0.2, 0.25) is 5.91 Å². The Kier molecular flexibility index (Phi) is 9.53. The van der Waals surface area contributed by atoms with Gasteiger partial charge in [-0.2, -0.15) is 0 Å². The summed E-state index contributed by atoms with van der Waals surface area (Å²) < 4.78 is 5.56. The van der Waals surface area contributed by atoms with Crippen molar-refractivity contribution in [2.24, 2.45) is 0 Å². The molecule has 0 saturated carbocycles. The molecule has 2 aromatic rings. The first-order chi connectivity index (χ1) is 16.4. The zero-order valence-electron chi connectivity index (χ0n) is 19.6. The van der Waals surface area contributed by atoms with Crippen molar-refractivity contribution in [1.82, 2.24) is 10.2 Å². The molecule has 1 heterocycles. The lowest BCUT2D eigenvalue weighted by Crippen LogP contribution is -2.49. The Morgan fingerprint density at radius 1 is 1.03 bits per heavy atom. The van der Waals surface area contributed by atoms with Gasteiger partial charge < -0.3 is 19.9 Å². The molecule has 0 atom stereocenters. The number of nitrogens with zero attached hydrogens (tertiary/aromatic N) is 2. The third kappa shape index (κ3) is 7.08. The van der Waals surface area contributed by atoms with Crippen LogP contribution < -0.4 is 20.3 Å². The molecular formula is C25H31ClN4O3S. The second-order valence-electron chi connectivity index (χ2n) is 8.06. The number of halogens is 1. The molecule has 3 rings (SSSR count). The predicted octanol–water partition coefficient (Wildman–Crippen LogP) is 4.70. The number of nitrogens with one attached hydrogen (secondary N) is 2. The molecule has 7 nitrogen and oxygen atoms in total. The number of carbonyl (C=O) groups excluding carboxylic acids is 2. The number of piperazine rings is 1. The van der Waals surface area contributed by atoms with Crippen molar-refractivity contribution in [3.05, 3.63) is 53.1 Å². The fourth-order valence-corrected chi connectivity index (χ4v) is 4.08. The highest BCUT2D eigenvalue weighted by Crippen LogP contribution is 2.30. The van der Waals surface area contributed by atoms with Gasteiger partial charge in [-0.3, -0.25) is 14.9 Å². The molecule has 1 aliphatic rings. The van der Waals surface area contributed by atoms with Crippen LogP contribution in [0.25, 0.3) is 0 Å². The van der Waals surface area contributed by atoms with E-state index >= 15 is 0 Å². The summed E-state index contributed by atoms with van der Waals surface area (Å²) in [6, 6.07) is 12.5. The molecule has 0 spiro atoms. The normalized spacial score (nSPS) is 13.4. The first-order valence-corrected chi connectivity index (χ1v) is 12.4. The maximum atomic E-state index is 12.6. The van der Waals surface area contributed by atoms with E-state index < -0.39 is 0 Å². The predicted molar refractivity (Wildman–Crippen MR) is 141 cm³/mol. The highest BCUT2D eigenvalue weighted by Gasteiger charge is 2.22. The van der Waals surface area contributed by atoms with Crippen molar-refractivity contribution in [3.63, 3.8) is 0 Å². The molecule has 2 N–H and O–H groups in total. The van der Waals surface area contributed by atoms with Crippen LogP contribution in [0.1, 0.15) is 43.5 Å². The Morgan fingerprint density at radius 3 is 2.38 bits per heavy atom. The molecule has 1 fully saturated rings. The van der Waals surface area contributed by atoms with Gasteiger partial charge in [0.25, 0.3) is 5.91 Å². The smallest absolute Gasteiger partial charge is 0.257 e. The minimum absolute atomic E-state index is 0.177. The summed E-state index contributed by atoms with van der Waals surface area (Å²) in [5, 5.41) is 6.56. The minimum Gasteiger partial charge on any atom is -0.494 e. The van der Waals surface area contributed by atoms with E-state index in [4.69, 9.17) is 28.6 Å². The third-order valence-electron chi connectivity index (χ3n) is 5.46. The summed E-state index contributed by atoms with van der Waals surface area (Å²) >= 11 is 11.6. The number of benzene rings is 2. The van der Waals surface area contributed by atoms with Crippen LogP contribution in [0.4, 0.5) is 11.4 Å². The van der Waals surface area contributed by atoms with Gasteiger partial charge in [0.15, 0.2) is 5.11 Å². The Bertz CT molecular complexity index is 1010. The first kappa shape index (κ1) is 25.8. The van der Waals surface area contributed by atoms with E-state index in [0.717, 1.165) is 24.3 Å². The monoisotopic (exact) mass is 502 g/mol. The molecule has 0 radical (unpaired) electrons. The van der Waals surface area contributed by atoms with Gasteiger partial charge in [-0.25, -0.2) is 0 Å². The number of anilines is 2. The number of hydrogen-bond acceptors (Lipinski definition) is 5. The SMILES string of the molecule is CCCOc1ccc(C(=O)NC(=S)Nc2cc(Cl)ccc2N2CCN(C(=O)CCC)CC2)cc1. The molecule has 34 heavy (non-hydrogen) atoms. The van der Waals surface area contributed by atoms with Gasteiger partial charge >= 0.3 is 0 Å². The average molecular weight is 503 g/mol. The van der Waals surface area contributed by atoms with Crippen LogP contribution in [0.2, 0.25) is 5.02 Å². The van der Waals surface area contributed by atoms with Gasteiger partial charge in [-0.05, 0) is 67.5 Å². The molecule has 0 unspecified atom stereocenters. The van der Waals surface area contributed by atoms with Gasteiger partial charge in [0, 0.05) is 43.2 Å². The zero-order chi connectivity index (χ0) is 24.5. The molecular weight excluding hydrogens is 472 g/mol. The Balaban J connectivity index is 1.62. The van der Waals surface area contributed by atoms with Gasteiger partial charge in [-0.1, -0.05) is 25.4 Å². The minimum atomic E-state index is -0.314. The Morgan fingerprint density at radius 2 is 1.74 bits per heavy atom. The van der Waals surface area contributed by atoms with E-state index in [9.17, 15) is 9.59 Å². The summed E-state index contributed by atoms with van der Waals surface area (Å²) in [6.07, 6.45) is 2.35. The summed E-state index contributed by atoms with van der Waals surface area (Å²) in [5.74, 6) is 0.607. The van der Waals surface area contributed by atoms with E-state index in [1.807, 2.05) is 30.9 Å². The molecule has 0 aromatic heterocycles. The van der Waals surface area contributed by atoms with Crippen molar-refractivity contribution in [3.8, 4) is 5.75 Å². The van der Waals surface area contributed by atoms with Crippen LogP contribution in [-0.2, 0) is 4.79 Å². The molecule has 1 saturated heterocycles. The Hall–Kier alpha value is -2.84. The molecule has 2 aromatic carbocycles. The number of ether oxygens (including phenoxy) is 1. The molecule has 2 amide bonds. The van der Waals surface area contributed by atoms with Crippen molar-refractivity contribution in [1.29, 1.82) is 0 Å². The maximum absolute atomic E-state index is 12.6. The lowest BCUT2D eigenvalue weighted by atomic mass is 10.2. The molecule has 182 valence electrons. The van der Waals surface area contributed by atoms with Crippen molar-refractivity contribution < 1.29 is 14.3 Å². The largest absolute Gasteiger partial charge is 0.494 e. The first-order valence-electron chi connectivity index (χ1n) is 11.6. The van der Waals surface area contributed by atoms with Gasteiger partial charge in [0.1, 0.15) is 5.75 Å². The van der Waals surface area contributed by atoms with Crippen LogP contribution in [-0.4, -0.2) is 54.6 Å². The lowest BCUT2D eigenvalue weighted by molar-refractivity contribution is -0.131.